The van der Waals surface area contributed by atoms with Gasteiger partial charge in [0.25, 0.3) is 0 Å². The minimum Gasteiger partial charge on any atom is -0.351 e. The molecule has 3 amide bonds. The number of piperidine rings is 1. The van der Waals surface area contributed by atoms with Crippen molar-refractivity contribution in [3.63, 3.8) is 0 Å². The number of hydrogen-bond acceptors (Lipinski definition) is 4. The number of nitrogens with one attached hydrogen (secondary N) is 2. The number of rotatable bonds is 6. The largest absolute Gasteiger partial charge is 0.351 e. The third kappa shape index (κ3) is 5.46. The lowest BCUT2D eigenvalue weighted by Crippen LogP contribution is -2.50. The zero-order valence-corrected chi connectivity index (χ0v) is 11.1. The molecule has 0 aromatic rings. The summed E-state index contributed by atoms with van der Waals surface area (Å²) < 4.78 is 0. The lowest BCUT2D eigenvalue weighted by Gasteiger charge is -2.35. The smallest absolute Gasteiger partial charge is 0.318 e. The first-order valence-electron chi connectivity index (χ1n) is 6.67. The van der Waals surface area contributed by atoms with Gasteiger partial charge in [0.1, 0.15) is 0 Å². The summed E-state index contributed by atoms with van der Waals surface area (Å²) in [6.07, 6.45) is 4.51. The molecule has 1 saturated heterocycles. The van der Waals surface area contributed by atoms with Crippen LogP contribution in [0.4, 0.5) is 4.79 Å². The maximum Gasteiger partial charge on any atom is 0.318 e. The summed E-state index contributed by atoms with van der Waals surface area (Å²) in [6, 6.07) is -0.401. The van der Waals surface area contributed by atoms with Gasteiger partial charge in [-0.2, -0.15) is 0 Å². The van der Waals surface area contributed by atoms with E-state index in [0.29, 0.717) is 6.04 Å². The predicted molar refractivity (Wildman–Crippen MR) is 70.1 cm³/mol. The van der Waals surface area contributed by atoms with Crippen LogP contribution in [0.25, 0.3) is 0 Å². The highest BCUT2D eigenvalue weighted by Gasteiger charge is 2.24. The maximum absolute atomic E-state index is 11.5. The molecule has 18 heavy (non-hydrogen) atoms. The fraction of sp³-hybridized carbons (Fsp3) is 0.833. The average molecular weight is 256 g/mol. The summed E-state index contributed by atoms with van der Waals surface area (Å²) in [6.45, 7) is 5.19. The van der Waals surface area contributed by atoms with Gasteiger partial charge in [-0.3, -0.25) is 15.0 Å². The molecule has 1 fully saturated rings. The van der Waals surface area contributed by atoms with Crippen molar-refractivity contribution in [2.24, 2.45) is 5.73 Å². The van der Waals surface area contributed by atoms with Gasteiger partial charge in [0.2, 0.25) is 5.91 Å². The van der Waals surface area contributed by atoms with Gasteiger partial charge in [-0.1, -0.05) is 13.3 Å². The molecule has 4 N–H and O–H groups in total. The Morgan fingerprint density at radius 1 is 1.39 bits per heavy atom. The summed E-state index contributed by atoms with van der Waals surface area (Å²) in [5.41, 5.74) is 4.93. The van der Waals surface area contributed by atoms with Crippen molar-refractivity contribution in [1.29, 1.82) is 0 Å². The minimum atomic E-state index is -0.780. The van der Waals surface area contributed by atoms with E-state index in [1.165, 1.54) is 6.42 Å². The molecule has 1 rings (SSSR count). The van der Waals surface area contributed by atoms with E-state index in [2.05, 4.69) is 22.5 Å². The molecule has 6 nitrogen and oxygen atoms in total. The second kappa shape index (κ2) is 8.05. The number of urea groups is 1. The van der Waals surface area contributed by atoms with Crippen LogP contribution in [0.3, 0.4) is 0 Å². The number of carbonyl (C=O) groups excluding carboxylic acids is 2. The molecule has 0 aromatic heterocycles. The Kier molecular flexibility index (Phi) is 6.67. The maximum atomic E-state index is 11.5. The van der Waals surface area contributed by atoms with E-state index in [1.54, 1.807) is 0 Å². The highest BCUT2D eigenvalue weighted by Crippen LogP contribution is 2.15. The Balaban J connectivity index is 2.38. The SMILES string of the molecule is CCCNCC1CCCCN1CC(=O)NC(N)=O. The quantitative estimate of drug-likeness (QED) is 0.585. The second-order valence-corrected chi connectivity index (χ2v) is 4.74. The molecule has 0 saturated carbocycles. The monoisotopic (exact) mass is 256 g/mol. The summed E-state index contributed by atoms with van der Waals surface area (Å²) in [5, 5.41) is 5.50. The van der Waals surface area contributed by atoms with Crippen LogP contribution in [0.2, 0.25) is 0 Å². The molecule has 0 spiro atoms. The van der Waals surface area contributed by atoms with Gasteiger partial charge in [-0.15, -0.1) is 0 Å². The predicted octanol–water partition coefficient (Wildman–Crippen LogP) is 0.0354. The van der Waals surface area contributed by atoms with E-state index in [4.69, 9.17) is 5.73 Å². The van der Waals surface area contributed by atoms with Crippen LogP contribution < -0.4 is 16.4 Å². The van der Waals surface area contributed by atoms with E-state index >= 15 is 0 Å². The van der Waals surface area contributed by atoms with Crippen molar-refractivity contribution in [2.45, 2.75) is 38.6 Å². The molecule has 6 heteroatoms. The summed E-state index contributed by atoms with van der Waals surface area (Å²) in [4.78, 5) is 24.3. The van der Waals surface area contributed by atoms with Crippen LogP contribution in [0, 0.1) is 0 Å². The normalized spacial score (nSPS) is 20.6. The van der Waals surface area contributed by atoms with Crippen molar-refractivity contribution < 1.29 is 9.59 Å². The third-order valence-corrected chi connectivity index (χ3v) is 3.17. The molecule has 0 radical (unpaired) electrons. The molecule has 0 aromatic carbocycles. The summed E-state index contributed by atoms with van der Waals surface area (Å²) in [5.74, 6) is -0.315. The molecule has 1 aliphatic heterocycles. The lowest BCUT2D eigenvalue weighted by molar-refractivity contribution is -0.122. The number of likely N-dealkylation sites (tertiary alicyclic amines) is 1. The van der Waals surface area contributed by atoms with Gasteiger partial charge >= 0.3 is 6.03 Å². The Morgan fingerprint density at radius 2 is 2.17 bits per heavy atom. The van der Waals surface area contributed by atoms with Crippen molar-refractivity contribution in [3.05, 3.63) is 0 Å². The molecule has 1 atom stereocenters. The number of primary amides is 1. The average Bonchev–Trinajstić information content (AvgIpc) is 2.30. The first-order valence-corrected chi connectivity index (χ1v) is 6.67. The Labute approximate surface area is 108 Å². The zero-order valence-electron chi connectivity index (χ0n) is 11.1. The number of hydrogen-bond donors (Lipinski definition) is 3. The van der Waals surface area contributed by atoms with Crippen LogP contribution in [0.1, 0.15) is 32.6 Å². The van der Waals surface area contributed by atoms with Crippen LogP contribution in [0.15, 0.2) is 0 Å². The van der Waals surface area contributed by atoms with Gasteiger partial charge in [-0.25, -0.2) is 4.79 Å². The number of nitrogens with zero attached hydrogens (tertiary/aromatic N) is 1. The fourth-order valence-corrected chi connectivity index (χ4v) is 2.31. The Hall–Kier alpha value is -1.14. The van der Waals surface area contributed by atoms with Gasteiger partial charge in [0.05, 0.1) is 6.54 Å². The van der Waals surface area contributed by atoms with Crippen molar-refractivity contribution in [3.8, 4) is 0 Å². The standard InChI is InChI=1S/C12H24N4O2/c1-2-6-14-8-10-5-3-4-7-16(10)9-11(17)15-12(13)18/h10,14H,2-9H2,1H3,(H3,13,15,17,18). The first-order chi connectivity index (χ1) is 8.63. The molecule has 104 valence electrons. The molecular weight excluding hydrogens is 232 g/mol. The van der Waals surface area contributed by atoms with Gasteiger partial charge in [0.15, 0.2) is 0 Å². The summed E-state index contributed by atoms with van der Waals surface area (Å²) in [7, 11) is 0. The molecule has 0 aliphatic carbocycles. The van der Waals surface area contributed by atoms with E-state index in [-0.39, 0.29) is 12.5 Å². The molecule has 1 heterocycles. The topological polar surface area (TPSA) is 87.5 Å². The first kappa shape index (κ1) is 14.9. The fourth-order valence-electron chi connectivity index (χ4n) is 2.31. The number of nitrogens with two attached hydrogens (primary N) is 1. The summed E-state index contributed by atoms with van der Waals surface area (Å²) >= 11 is 0. The van der Waals surface area contributed by atoms with Crippen LogP contribution >= 0.6 is 0 Å². The number of carbonyl (C=O) groups is 2. The Bertz CT molecular complexity index is 283. The van der Waals surface area contributed by atoms with Crippen molar-refractivity contribution in [1.82, 2.24) is 15.5 Å². The van der Waals surface area contributed by atoms with E-state index < -0.39 is 6.03 Å². The van der Waals surface area contributed by atoms with Crippen LogP contribution in [-0.4, -0.2) is 49.1 Å². The highest BCUT2D eigenvalue weighted by molar-refractivity contribution is 5.94. The minimum absolute atomic E-state index is 0.251. The molecule has 1 aliphatic rings. The highest BCUT2D eigenvalue weighted by atomic mass is 16.2. The van der Waals surface area contributed by atoms with E-state index in [0.717, 1.165) is 38.9 Å². The zero-order chi connectivity index (χ0) is 13.4. The van der Waals surface area contributed by atoms with Crippen molar-refractivity contribution in [2.75, 3.05) is 26.2 Å². The third-order valence-electron chi connectivity index (χ3n) is 3.17. The number of imide groups is 1. The van der Waals surface area contributed by atoms with Gasteiger partial charge < -0.3 is 11.1 Å². The van der Waals surface area contributed by atoms with Gasteiger partial charge in [-0.05, 0) is 32.4 Å². The molecule has 0 bridgehead atoms. The van der Waals surface area contributed by atoms with Crippen molar-refractivity contribution >= 4 is 11.9 Å². The molecule has 1 unspecified atom stereocenters. The number of amides is 3. The Morgan fingerprint density at radius 3 is 2.83 bits per heavy atom. The molecular formula is C12H24N4O2. The van der Waals surface area contributed by atoms with Gasteiger partial charge in [0, 0.05) is 12.6 Å². The van der Waals surface area contributed by atoms with Crippen LogP contribution in [-0.2, 0) is 4.79 Å². The second-order valence-electron chi connectivity index (χ2n) is 4.74. The van der Waals surface area contributed by atoms with E-state index in [9.17, 15) is 9.59 Å². The van der Waals surface area contributed by atoms with E-state index in [1.807, 2.05) is 0 Å². The van der Waals surface area contributed by atoms with Crippen LogP contribution in [0.5, 0.6) is 0 Å². The lowest BCUT2D eigenvalue weighted by atomic mass is 10.0.